The van der Waals surface area contributed by atoms with Crippen molar-refractivity contribution < 1.29 is 23.5 Å². The Morgan fingerprint density at radius 1 is 1.09 bits per heavy atom. The van der Waals surface area contributed by atoms with Gasteiger partial charge in [0.15, 0.2) is 6.61 Å². The van der Waals surface area contributed by atoms with Crippen molar-refractivity contribution in [2.24, 2.45) is 5.10 Å². The van der Waals surface area contributed by atoms with Crippen LogP contribution < -0.4 is 4.74 Å². The highest BCUT2D eigenvalue weighted by Crippen LogP contribution is 2.33. The highest BCUT2D eigenvalue weighted by atomic mass is 32.2. The third kappa shape index (κ3) is 5.20. The molecule has 0 saturated carbocycles. The molecule has 7 nitrogen and oxygen atoms in total. The summed E-state index contributed by atoms with van der Waals surface area (Å²) in [7, 11) is 1.61. The number of carbonyl (C=O) groups is 2. The van der Waals surface area contributed by atoms with Crippen LogP contribution in [0.3, 0.4) is 0 Å². The lowest BCUT2D eigenvalue weighted by Crippen LogP contribution is -2.31. The SMILES string of the molecule is COc1ccc(C2=NN(C(=O)COC(=O)CSc3ccccc3)C(c3ccco3)C2)cc1. The number of furan rings is 1. The van der Waals surface area contributed by atoms with Crippen LogP contribution in [0.4, 0.5) is 0 Å². The Bertz CT molecular complexity index is 1080. The second kappa shape index (κ2) is 10.2. The Kier molecular flexibility index (Phi) is 6.91. The van der Waals surface area contributed by atoms with Gasteiger partial charge in [-0.15, -0.1) is 11.8 Å². The molecule has 8 heteroatoms. The summed E-state index contributed by atoms with van der Waals surface area (Å²) in [5.74, 6) is 0.618. The van der Waals surface area contributed by atoms with Crippen LogP contribution in [0.2, 0.25) is 0 Å². The number of nitrogens with zero attached hydrogens (tertiary/aromatic N) is 2. The molecule has 1 aromatic heterocycles. The van der Waals surface area contributed by atoms with Gasteiger partial charge in [0.1, 0.15) is 17.6 Å². The zero-order valence-corrected chi connectivity index (χ0v) is 18.3. The zero-order chi connectivity index (χ0) is 22.3. The van der Waals surface area contributed by atoms with Gasteiger partial charge in [-0.1, -0.05) is 18.2 Å². The van der Waals surface area contributed by atoms with Crippen LogP contribution in [0.1, 0.15) is 23.8 Å². The van der Waals surface area contributed by atoms with E-state index >= 15 is 0 Å². The second-order valence-electron chi connectivity index (χ2n) is 7.01. The number of benzene rings is 2. The first-order valence-electron chi connectivity index (χ1n) is 10.0. The number of esters is 1. The minimum absolute atomic E-state index is 0.124. The molecule has 0 radical (unpaired) electrons. The summed E-state index contributed by atoms with van der Waals surface area (Å²) in [6, 6.07) is 20.2. The van der Waals surface area contributed by atoms with E-state index < -0.39 is 17.9 Å². The number of hydrazone groups is 1. The van der Waals surface area contributed by atoms with Crippen LogP contribution in [0.25, 0.3) is 0 Å². The third-order valence-corrected chi connectivity index (χ3v) is 5.90. The number of rotatable bonds is 8. The van der Waals surface area contributed by atoms with Crippen LogP contribution in [-0.2, 0) is 14.3 Å². The third-order valence-electron chi connectivity index (χ3n) is 4.92. The summed E-state index contributed by atoms with van der Waals surface area (Å²) < 4.78 is 15.9. The Labute approximate surface area is 190 Å². The first kappa shape index (κ1) is 21.7. The molecule has 0 spiro atoms. The first-order valence-corrected chi connectivity index (χ1v) is 11.0. The molecule has 0 N–H and O–H groups in total. The predicted octanol–water partition coefficient (Wildman–Crippen LogP) is 4.30. The van der Waals surface area contributed by atoms with Gasteiger partial charge in [-0.25, -0.2) is 5.01 Å². The maximum atomic E-state index is 12.9. The smallest absolute Gasteiger partial charge is 0.316 e. The molecule has 32 heavy (non-hydrogen) atoms. The number of hydrogen-bond acceptors (Lipinski definition) is 7. The van der Waals surface area contributed by atoms with Gasteiger partial charge in [0.25, 0.3) is 5.91 Å². The molecule has 0 fully saturated rings. The average molecular weight is 451 g/mol. The van der Waals surface area contributed by atoms with Crippen LogP contribution in [0, 0.1) is 0 Å². The van der Waals surface area contributed by atoms with Crippen molar-refractivity contribution in [2.45, 2.75) is 17.4 Å². The quantitative estimate of drug-likeness (QED) is 0.376. The van der Waals surface area contributed by atoms with Gasteiger partial charge in [0.05, 0.1) is 24.8 Å². The lowest BCUT2D eigenvalue weighted by Gasteiger charge is -2.19. The van der Waals surface area contributed by atoms with Gasteiger partial charge in [-0.05, 0) is 54.1 Å². The molecule has 164 valence electrons. The van der Waals surface area contributed by atoms with E-state index in [1.54, 1.807) is 25.5 Å². The Morgan fingerprint density at radius 3 is 2.56 bits per heavy atom. The topological polar surface area (TPSA) is 81.3 Å². The predicted molar refractivity (Wildman–Crippen MR) is 121 cm³/mol. The largest absolute Gasteiger partial charge is 0.497 e. The van der Waals surface area contributed by atoms with Crippen molar-refractivity contribution in [3.8, 4) is 5.75 Å². The molecule has 4 rings (SSSR count). The van der Waals surface area contributed by atoms with E-state index in [1.807, 2.05) is 54.6 Å². The maximum absolute atomic E-state index is 12.9. The monoisotopic (exact) mass is 450 g/mol. The lowest BCUT2D eigenvalue weighted by molar-refractivity contribution is -0.150. The molecule has 3 aromatic rings. The van der Waals surface area contributed by atoms with Crippen molar-refractivity contribution in [3.63, 3.8) is 0 Å². The average Bonchev–Trinajstić information content (AvgIpc) is 3.52. The standard InChI is InChI=1S/C24H22N2O5S/c1-29-18-11-9-17(10-12-18)20-14-21(22-8-5-13-30-22)26(25-20)23(27)15-31-24(28)16-32-19-6-3-2-4-7-19/h2-13,21H,14-16H2,1H3. The molecule has 0 bridgehead atoms. The van der Waals surface area contributed by atoms with Gasteiger partial charge in [-0.2, -0.15) is 5.10 Å². The van der Waals surface area contributed by atoms with E-state index in [0.717, 1.165) is 21.9 Å². The van der Waals surface area contributed by atoms with Crippen LogP contribution >= 0.6 is 11.8 Å². The maximum Gasteiger partial charge on any atom is 0.316 e. The zero-order valence-electron chi connectivity index (χ0n) is 17.5. The van der Waals surface area contributed by atoms with Gasteiger partial charge < -0.3 is 13.9 Å². The summed E-state index contributed by atoms with van der Waals surface area (Å²) in [5, 5.41) is 5.87. The number of hydrogen-bond donors (Lipinski definition) is 0. The molecule has 1 amide bonds. The van der Waals surface area contributed by atoms with Crippen LogP contribution in [0.15, 0.2) is 87.4 Å². The van der Waals surface area contributed by atoms with Crippen molar-refractivity contribution in [1.29, 1.82) is 0 Å². The van der Waals surface area contributed by atoms with Crippen LogP contribution in [0.5, 0.6) is 5.75 Å². The minimum Gasteiger partial charge on any atom is -0.497 e. The summed E-state index contributed by atoms with van der Waals surface area (Å²) in [6.45, 7) is -0.384. The molecular weight excluding hydrogens is 428 g/mol. The molecule has 1 atom stereocenters. The van der Waals surface area contributed by atoms with E-state index in [4.69, 9.17) is 13.9 Å². The number of amides is 1. The number of methoxy groups -OCH3 is 1. The normalized spacial score (nSPS) is 15.3. The van der Waals surface area contributed by atoms with Gasteiger partial charge in [0, 0.05) is 11.3 Å². The Balaban J connectivity index is 1.41. The minimum atomic E-state index is -0.458. The molecule has 2 aromatic carbocycles. The van der Waals surface area contributed by atoms with E-state index in [9.17, 15) is 9.59 Å². The number of ether oxygens (including phenoxy) is 2. The van der Waals surface area contributed by atoms with Crippen LogP contribution in [-0.4, -0.2) is 42.1 Å². The highest BCUT2D eigenvalue weighted by Gasteiger charge is 2.35. The molecule has 1 aliphatic rings. The van der Waals surface area contributed by atoms with Crippen molar-refractivity contribution in [2.75, 3.05) is 19.5 Å². The molecule has 1 unspecified atom stereocenters. The van der Waals surface area contributed by atoms with E-state index in [0.29, 0.717) is 12.2 Å². The molecular formula is C24H22N2O5S. The number of thioether (sulfide) groups is 1. The second-order valence-corrected chi connectivity index (χ2v) is 8.06. The van der Waals surface area contributed by atoms with Crippen molar-refractivity contribution in [3.05, 3.63) is 84.3 Å². The fourth-order valence-corrected chi connectivity index (χ4v) is 4.03. The summed E-state index contributed by atoms with van der Waals surface area (Å²) >= 11 is 1.36. The number of carbonyl (C=O) groups excluding carboxylic acids is 2. The molecule has 1 aliphatic heterocycles. The summed E-state index contributed by atoms with van der Waals surface area (Å²) in [4.78, 5) is 26.0. The highest BCUT2D eigenvalue weighted by molar-refractivity contribution is 8.00. The lowest BCUT2D eigenvalue weighted by atomic mass is 10.0. The van der Waals surface area contributed by atoms with E-state index in [-0.39, 0.29) is 12.4 Å². The van der Waals surface area contributed by atoms with Gasteiger partial charge >= 0.3 is 5.97 Å². The van der Waals surface area contributed by atoms with Crippen molar-refractivity contribution in [1.82, 2.24) is 5.01 Å². The van der Waals surface area contributed by atoms with E-state index in [1.165, 1.54) is 16.8 Å². The molecule has 0 saturated heterocycles. The van der Waals surface area contributed by atoms with E-state index in [2.05, 4.69) is 5.10 Å². The van der Waals surface area contributed by atoms with Crippen molar-refractivity contribution >= 4 is 29.4 Å². The molecule has 0 aliphatic carbocycles. The summed E-state index contributed by atoms with van der Waals surface area (Å²) in [5.41, 5.74) is 1.63. The first-order chi connectivity index (χ1) is 15.6. The van der Waals surface area contributed by atoms with Gasteiger partial charge in [-0.3, -0.25) is 9.59 Å². The summed E-state index contributed by atoms with van der Waals surface area (Å²) in [6.07, 6.45) is 2.05. The Hall–Kier alpha value is -3.52. The van der Waals surface area contributed by atoms with Gasteiger partial charge in [0.2, 0.25) is 0 Å². The fourth-order valence-electron chi connectivity index (χ4n) is 3.31. The fraction of sp³-hybridized carbons (Fsp3) is 0.208. The Morgan fingerprint density at radius 2 is 1.88 bits per heavy atom. The molecule has 2 heterocycles.